The topological polar surface area (TPSA) is 175 Å². The van der Waals surface area contributed by atoms with E-state index in [4.69, 9.17) is 34.3 Å². The fraction of sp³-hybridized carbons (Fsp3) is 0.360. The third-order valence-corrected chi connectivity index (χ3v) is 6.79. The molecule has 0 aliphatic rings. The molecule has 224 valence electrons. The summed E-state index contributed by atoms with van der Waals surface area (Å²) >= 11 is 11.8. The molecule has 0 aromatic carbocycles. The second-order valence-electron chi connectivity index (χ2n) is 9.41. The Hall–Kier alpha value is -3.81. The molecule has 1 atom stereocenters. The number of alkyl halides is 2. The lowest BCUT2D eigenvalue weighted by Crippen LogP contribution is -2.52. The van der Waals surface area contributed by atoms with E-state index in [1.54, 1.807) is 41.0 Å². The van der Waals surface area contributed by atoms with Crippen LogP contribution in [-0.2, 0) is 26.7 Å². The van der Waals surface area contributed by atoms with E-state index in [0.29, 0.717) is 42.0 Å². The number of anilines is 3. The van der Waals surface area contributed by atoms with Crippen molar-refractivity contribution in [2.24, 2.45) is 26.9 Å². The zero-order chi connectivity index (χ0) is 29.8. The van der Waals surface area contributed by atoms with E-state index in [-0.39, 0.29) is 29.4 Å². The van der Waals surface area contributed by atoms with Gasteiger partial charge in [0.2, 0.25) is 0 Å². The number of rotatable bonds is 12. The van der Waals surface area contributed by atoms with Gasteiger partial charge < -0.3 is 45.4 Å². The van der Waals surface area contributed by atoms with Crippen LogP contribution in [0.1, 0.15) is 33.2 Å². The molecule has 0 saturated heterocycles. The predicted molar refractivity (Wildman–Crippen MR) is 163 cm³/mol. The summed E-state index contributed by atoms with van der Waals surface area (Å²) in [4.78, 5) is 39.8. The molecule has 0 radical (unpaired) electrons. The molecule has 3 aromatic heterocycles. The van der Waals surface area contributed by atoms with E-state index in [2.05, 4.69) is 16.0 Å². The minimum Gasteiger partial charge on any atom is -0.465 e. The third-order valence-electron chi connectivity index (χ3n) is 6.45. The zero-order valence-corrected chi connectivity index (χ0v) is 25.3. The summed E-state index contributed by atoms with van der Waals surface area (Å²) in [6.07, 6.45) is 5.06. The van der Waals surface area contributed by atoms with Gasteiger partial charge in [-0.3, -0.25) is 15.0 Å². The van der Waals surface area contributed by atoms with Gasteiger partial charge >= 0.3 is 6.09 Å². The highest BCUT2D eigenvalue weighted by atomic mass is 35.5. The maximum absolute atomic E-state index is 13.3. The monoisotopic (exact) mass is 629 g/mol. The van der Waals surface area contributed by atoms with Crippen molar-refractivity contribution in [3.63, 3.8) is 0 Å². The lowest BCUT2D eigenvalue weighted by molar-refractivity contribution is 0.101. The van der Waals surface area contributed by atoms with Crippen molar-refractivity contribution in [1.29, 1.82) is 5.41 Å². The zero-order valence-electron chi connectivity index (χ0n) is 23.0. The lowest BCUT2D eigenvalue weighted by Gasteiger charge is -2.28. The Morgan fingerprint density at radius 2 is 1.54 bits per heavy atom. The van der Waals surface area contributed by atoms with Gasteiger partial charge in [0.05, 0.1) is 16.8 Å². The first-order chi connectivity index (χ1) is 18.8. The fourth-order valence-electron chi connectivity index (χ4n) is 4.26. The van der Waals surface area contributed by atoms with Crippen molar-refractivity contribution in [2.45, 2.75) is 12.5 Å². The largest absolute Gasteiger partial charge is 0.465 e. The van der Waals surface area contributed by atoms with E-state index < -0.39 is 23.4 Å². The molecular weight excluding hydrogens is 597 g/mol. The number of carbonyl (C=O) groups is 3. The predicted octanol–water partition coefficient (Wildman–Crippen LogP) is 3.33. The smallest absolute Gasteiger partial charge is 0.405 e. The molecule has 1 unspecified atom stereocenters. The maximum atomic E-state index is 13.3. The number of nitrogens with two attached hydrogens (primary N) is 1. The lowest BCUT2D eigenvalue weighted by atomic mass is 9.89. The van der Waals surface area contributed by atoms with Gasteiger partial charge in [0.15, 0.2) is 0 Å². The first kappa shape index (κ1) is 33.4. The molecule has 0 saturated carbocycles. The highest BCUT2D eigenvalue weighted by molar-refractivity contribution is 6.18. The summed E-state index contributed by atoms with van der Waals surface area (Å²) in [5.74, 6) is 0.302. The van der Waals surface area contributed by atoms with E-state index in [9.17, 15) is 19.5 Å². The Kier molecular flexibility index (Phi) is 11.2. The molecule has 0 aliphatic carbocycles. The molecular formula is C25H34Cl3N9O4. The minimum atomic E-state index is -1.64. The summed E-state index contributed by atoms with van der Waals surface area (Å²) in [5, 5.41) is 25.1. The van der Waals surface area contributed by atoms with E-state index >= 15 is 0 Å². The Morgan fingerprint density at radius 3 is 2.10 bits per heavy atom. The fourth-order valence-corrected chi connectivity index (χ4v) is 4.67. The van der Waals surface area contributed by atoms with E-state index in [1.807, 2.05) is 17.2 Å². The number of nitrogens with one attached hydrogen (secondary N) is 4. The van der Waals surface area contributed by atoms with Gasteiger partial charge in [-0.2, -0.15) is 0 Å². The first-order valence-corrected chi connectivity index (χ1v) is 13.2. The number of amidine groups is 1. The molecule has 3 rings (SSSR count). The Bertz CT molecular complexity index is 1430. The molecule has 16 heteroatoms. The van der Waals surface area contributed by atoms with Gasteiger partial charge in [0.25, 0.3) is 11.8 Å². The molecule has 3 heterocycles. The average Bonchev–Trinajstić information content (AvgIpc) is 3.55. The highest BCUT2D eigenvalue weighted by Crippen LogP contribution is 2.27. The van der Waals surface area contributed by atoms with Crippen LogP contribution in [0.25, 0.3) is 0 Å². The number of aromatic nitrogens is 3. The third kappa shape index (κ3) is 7.48. The summed E-state index contributed by atoms with van der Waals surface area (Å²) < 4.78 is 4.92. The average molecular weight is 631 g/mol. The summed E-state index contributed by atoms with van der Waals surface area (Å²) in [5.41, 5.74) is 5.55. The quantitative estimate of drug-likeness (QED) is 0.102. The van der Waals surface area contributed by atoms with Crippen LogP contribution >= 0.6 is 35.6 Å². The SMILES string of the molecule is Cl.Cn1cc(C(=O)Nc2cc(C(=O)Nc3cc(N(CCCl)CCCl)cn3C)cn2C)c(C(C)(NC(=O)O)C(=N)N)c1. The van der Waals surface area contributed by atoms with Gasteiger partial charge in [0, 0.05) is 82.4 Å². The molecule has 0 bridgehead atoms. The molecule has 13 nitrogen and oxygen atoms in total. The minimum absolute atomic E-state index is 0. The van der Waals surface area contributed by atoms with Crippen LogP contribution in [0, 0.1) is 5.41 Å². The van der Waals surface area contributed by atoms with Gasteiger partial charge in [0.1, 0.15) is 23.0 Å². The van der Waals surface area contributed by atoms with Crippen LogP contribution in [0.5, 0.6) is 0 Å². The number of nitrogens with zero attached hydrogens (tertiary/aromatic N) is 4. The molecule has 41 heavy (non-hydrogen) atoms. The first-order valence-electron chi connectivity index (χ1n) is 12.1. The number of carboxylic acid groups (broad SMARTS) is 1. The standard InChI is InChI=1S/C25H33Cl2N9O4.ClH/c1-25(23(28)29,32-24(39)40)18-14-33(2)13-17(18)22(38)31-19-9-15(11-34(19)3)21(37)30-20-10-16(12-35(20)4)36(7-5-26)8-6-27;/h9-14,32H,5-8H2,1-4H3,(H3,28,29)(H,30,37)(H,31,38)(H,39,40);1H. The van der Waals surface area contributed by atoms with Gasteiger partial charge in [-0.05, 0) is 13.0 Å². The van der Waals surface area contributed by atoms with Gasteiger partial charge in [-0.1, -0.05) is 0 Å². The summed E-state index contributed by atoms with van der Waals surface area (Å²) in [7, 11) is 5.13. The van der Waals surface area contributed by atoms with Crippen molar-refractivity contribution in [3.8, 4) is 0 Å². The van der Waals surface area contributed by atoms with Gasteiger partial charge in [-0.15, -0.1) is 35.6 Å². The number of hydrogen-bond donors (Lipinski definition) is 6. The van der Waals surface area contributed by atoms with Crippen LogP contribution in [0.15, 0.2) is 36.9 Å². The van der Waals surface area contributed by atoms with E-state index in [0.717, 1.165) is 5.69 Å². The number of amides is 3. The number of carbonyl (C=O) groups excluding carboxylic acids is 2. The normalized spacial score (nSPS) is 12.1. The summed E-state index contributed by atoms with van der Waals surface area (Å²) in [6.45, 7) is 2.61. The van der Waals surface area contributed by atoms with Crippen molar-refractivity contribution >= 4 is 76.7 Å². The summed E-state index contributed by atoms with van der Waals surface area (Å²) in [6, 6.07) is 3.35. The second kappa shape index (κ2) is 13.7. The Morgan fingerprint density at radius 1 is 0.976 bits per heavy atom. The van der Waals surface area contributed by atoms with Crippen LogP contribution in [0.2, 0.25) is 0 Å². The molecule has 0 aliphatic heterocycles. The number of hydrogen-bond acceptors (Lipinski definition) is 5. The number of aryl methyl sites for hydroxylation is 3. The van der Waals surface area contributed by atoms with E-state index in [1.165, 1.54) is 25.4 Å². The highest BCUT2D eigenvalue weighted by Gasteiger charge is 2.37. The molecule has 3 amide bonds. The molecule has 3 aromatic rings. The van der Waals surface area contributed by atoms with Gasteiger partial charge in [-0.25, -0.2) is 4.79 Å². The Labute approximate surface area is 253 Å². The maximum Gasteiger partial charge on any atom is 0.405 e. The van der Waals surface area contributed by atoms with Crippen LogP contribution < -0.4 is 26.6 Å². The molecule has 0 spiro atoms. The van der Waals surface area contributed by atoms with Crippen molar-refractivity contribution in [2.75, 3.05) is 40.4 Å². The van der Waals surface area contributed by atoms with Crippen LogP contribution in [-0.4, -0.2) is 67.4 Å². The van der Waals surface area contributed by atoms with Crippen molar-refractivity contribution < 1.29 is 19.5 Å². The van der Waals surface area contributed by atoms with Crippen LogP contribution in [0.3, 0.4) is 0 Å². The Balaban J connectivity index is 0.00000588. The van der Waals surface area contributed by atoms with Crippen LogP contribution in [0.4, 0.5) is 22.1 Å². The number of halogens is 3. The second-order valence-corrected chi connectivity index (χ2v) is 10.2. The van der Waals surface area contributed by atoms with Crippen molar-refractivity contribution in [3.05, 3.63) is 53.6 Å². The van der Waals surface area contributed by atoms with Crippen molar-refractivity contribution in [1.82, 2.24) is 19.0 Å². The molecule has 0 fully saturated rings. The molecule has 7 N–H and O–H groups in total.